The summed E-state index contributed by atoms with van der Waals surface area (Å²) in [5.74, 6) is -2.15. The standard InChI is InChI=1S/C14H10ClF2NO3S/c1-8-6-10(3-5-11(8)16)18-14(19)9-2-4-12(17)13(7-9)22(15,20)21/h2-7H,1H3,(H,18,19). The molecule has 1 N–H and O–H groups in total. The van der Waals surface area contributed by atoms with E-state index < -0.39 is 31.5 Å². The number of aryl methyl sites for hydroxylation is 1. The number of hydrogen-bond donors (Lipinski definition) is 1. The molecular weight excluding hydrogens is 336 g/mol. The summed E-state index contributed by atoms with van der Waals surface area (Å²) in [4.78, 5) is 11.3. The van der Waals surface area contributed by atoms with E-state index >= 15 is 0 Å². The number of benzene rings is 2. The summed E-state index contributed by atoms with van der Waals surface area (Å²) in [7, 11) is 0.791. The molecule has 0 unspecified atom stereocenters. The fourth-order valence-corrected chi connectivity index (χ4v) is 2.68. The topological polar surface area (TPSA) is 63.2 Å². The minimum absolute atomic E-state index is 0.0948. The lowest BCUT2D eigenvalue weighted by molar-refractivity contribution is 0.102. The predicted octanol–water partition coefficient (Wildman–Crippen LogP) is 3.45. The van der Waals surface area contributed by atoms with Crippen LogP contribution in [0.4, 0.5) is 14.5 Å². The number of rotatable bonds is 3. The Bertz CT molecular complexity index is 853. The van der Waals surface area contributed by atoms with Crippen LogP contribution in [0.2, 0.25) is 0 Å². The zero-order chi connectivity index (χ0) is 16.5. The van der Waals surface area contributed by atoms with Gasteiger partial charge in [-0.1, -0.05) is 0 Å². The SMILES string of the molecule is Cc1cc(NC(=O)c2ccc(F)c(S(=O)(=O)Cl)c2)ccc1F. The van der Waals surface area contributed by atoms with Gasteiger partial charge in [-0.25, -0.2) is 17.2 Å². The van der Waals surface area contributed by atoms with Gasteiger partial charge in [0.2, 0.25) is 0 Å². The van der Waals surface area contributed by atoms with Gasteiger partial charge in [0.05, 0.1) is 0 Å². The van der Waals surface area contributed by atoms with Crippen LogP contribution in [0.15, 0.2) is 41.3 Å². The van der Waals surface area contributed by atoms with Crippen molar-refractivity contribution >= 4 is 31.3 Å². The number of hydrogen-bond acceptors (Lipinski definition) is 3. The zero-order valence-electron chi connectivity index (χ0n) is 11.2. The molecule has 1 amide bonds. The first-order valence-corrected chi connectivity index (χ1v) is 8.31. The average molecular weight is 346 g/mol. The van der Waals surface area contributed by atoms with Gasteiger partial charge in [0.25, 0.3) is 15.0 Å². The van der Waals surface area contributed by atoms with Crippen molar-refractivity contribution in [2.24, 2.45) is 0 Å². The van der Waals surface area contributed by atoms with Gasteiger partial charge >= 0.3 is 0 Å². The highest BCUT2D eigenvalue weighted by molar-refractivity contribution is 8.13. The van der Waals surface area contributed by atoms with E-state index in [1.807, 2.05) is 0 Å². The Morgan fingerprint density at radius 1 is 1.09 bits per heavy atom. The van der Waals surface area contributed by atoms with Crippen LogP contribution in [0.25, 0.3) is 0 Å². The van der Waals surface area contributed by atoms with Crippen molar-refractivity contribution in [1.29, 1.82) is 0 Å². The minimum Gasteiger partial charge on any atom is -0.322 e. The molecule has 0 heterocycles. The number of carbonyl (C=O) groups excluding carboxylic acids is 1. The summed E-state index contributed by atoms with van der Waals surface area (Å²) in [6.07, 6.45) is 0. The van der Waals surface area contributed by atoms with E-state index in [-0.39, 0.29) is 5.56 Å². The van der Waals surface area contributed by atoms with Gasteiger partial charge < -0.3 is 5.32 Å². The van der Waals surface area contributed by atoms with Crippen LogP contribution in [0.5, 0.6) is 0 Å². The maximum atomic E-state index is 13.4. The van der Waals surface area contributed by atoms with Gasteiger partial charge in [0, 0.05) is 21.9 Å². The normalized spacial score (nSPS) is 11.3. The lowest BCUT2D eigenvalue weighted by Gasteiger charge is -2.08. The van der Waals surface area contributed by atoms with Gasteiger partial charge in [-0.15, -0.1) is 0 Å². The molecule has 0 fully saturated rings. The van der Waals surface area contributed by atoms with E-state index in [0.29, 0.717) is 11.3 Å². The molecule has 116 valence electrons. The third-order valence-corrected chi connectivity index (χ3v) is 4.21. The monoisotopic (exact) mass is 345 g/mol. The van der Waals surface area contributed by atoms with Crippen LogP contribution >= 0.6 is 10.7 Å². The molecule has 0 aliphatic rings. The first-order valence-electron chi connectivity index (χ1n) is 6.00. The van der Waals surface area contributed by atoms with E-state index in [4.69, 9.17) is 10.7 Å². The van der Waals surface area contributed by atoms with Crippen molar-refractivity contribution in [3.8, 4) is 0 Å². The zero-order valence-corrected chi connectivity index (χ0v) is 12.8. The Labute approximate surface area is 130 Å². The van der Waals surface area contributed by atoms with Crippen molar-refractivity contribution in [2.45, 2.75) is 11.8 Å². The van der Waals surface area contributed by atoms with Crippen LogP contribution in [0.1, 0.15) is 15.9 Å². The molecule has 0 saturated heterocycles. The minimum atomic E-state index is -4.31. The first kappa shape index (κ1) is 16.4. The number of amides is 1. The summed E-state index contributed by atoms with van der Waals surface area (Å²) in [5.41, 5.74) is 0.562. The molecule has 0 radical (unpaired) electrons. The molecule has 8 heteroatoms. The van der Waals surface area contributed by atoms with Gasteiger partial charge in [0.1, 0.15) is 16.5 Å². The van der Waals surface area contributed by atoms with Crippen molar-refractivity contribution in [3.05, 3.63) is 59.2 Å². The summed E-state index contributed by atoms with van der Waals surface area (Å²) in [6, 6.07) is 6.74. The van der Waals surface area contributed by atoms with Crippen molar-refractivity contribution in [2.75, 3.05) is 5.32 Å². The Morgan fingerprint density at radius 3 is 2.32 bits per heavy atom. The maximum absolute atomic E-state index is 13.4. The van der Waals surface area contributed by atoms with Crippen LogP contribution in [-0.4, -0.2) is 14.3 Å². The van der Waals surface area contributed by atoms with Gasteiger partial charge in [0.15, 0.2) is 0 Å². The Hall–Kier alpha value is -1.99. The number of nitrogens with one attached hydrogen (secondary N) is 1. The number of halogens is 3. The van der Waals surface area contributed by atoms with Crippen molar-refractivity contribution in [1.82, 2.24) is 0 Å². The molecule has 2 aromatic carbocycles. The first-order chi connectivity index (χ1) is 10.2. The molecule has 0 bridgehead atoms. The van der Waals surface area contributed by atoms with Crippen LogP contribution < -0.4 is 5.32 Å². The molecule has 0 aliphatic heterocycles. The van der Waals surface area contributed by atoms with E-state index in [1.54, 1.807) is 0 Å². The van der Waals surface area contributed by atoms with Crippen LogP contribution in [0, 0.1) is 18.6 Å². The van der Waals surface area contributed by atoms with Gasteiger partial charge in [-0.05, 0) is 48.9 Å². The third-order valence-electron chi connectivity index (χ3n) is 2.87. The highest BCUT2D eigenvalue weighted by atomic mass is 35.7. The average Bonchev–Trinajstić information content (AvgIpc) is 2.42. The summed E-state index contributed by atoms with van der Waals surface area (Å²) < 4.78 is 49.0. The van der Waals surface area contributed by atoms with E-state index in [0.717, 1.165) is 18.2 Å². The number of carbonyl (C=O) groups is 1. The summed E-state index contributed by atoms with van der Waals surface area (Å²) in [5, 5.41) is 2.46. The molecular formula is C14H10ClF2NO3S. The fourth-order valence-electron chi connectivity index (χ4n) is 1.76. The second-order valence-corrected chi connectivity index (χ2v) is 7.04. The predicted molar refractivity (Wildman–Crippen MR) is 78.5 cm³/mol. The Morgan fingerprint density at radius 2 is 1.73 bits per heavy atom. The molecule has 0 spiro atoms. The second-order valence-electron chi connectivity index (χ2n) is 4.50. The van der Waals surface area contributed by atoms with E-state index in [1.165, 1.54) is 25.1 Å². The smallest absolute Gasteiger partial charge is 0.264 e. The summed E-state index contributed by atoms with van der Waals surface area (Å²) in [6.45, 7) is 1.53. The largest absolute Gasteiger partial charge is 0.322 e. The second kappa shape index (κ2) is 6.02. The molecule has 0 saturated carbocycles. The number of anilines is 1. The molecule has 0 aromatic heterocycles. The van der Waals surface area contributed by atoms with Gasteiger partial charge in [-0.3, -0.25) is 4.79 Å². The third kappa shape index (κ3) is 3.61. The molecule has 4 nitrogen and oxygen atoms in total. The Kier molecular flexibility index (Phi) is 4.48. The Balaban J connectivity index is 2.32. The lowest BCUT2D eigenvalue weighted by Crippen LogP contribution is -2.13. The molecule has 2 rings (SSSR count). The molecule has 0 atom stereocenters. The maximum Gasteiger partial charge on any atom is 0.264 e. The van der Waals surface area contributed by atoms with Gasteiger partial charge in [-0.2, -0.15) is 0 Å². The van der Waals surface area contributed by atoms with E-state index in [9.17, 15) is 22.0 Å². The highest BCUT2D eigenvalue weighted by Gasteiger charge is 2.19. The molecule has 2 aromatic rings. The van der Waals surface area contributed by atoms with Crippen LogP contribution in [-0.2, 0) is 9.05 Å². The summed E-state index contributed by atoms with van der Waals surface area (Å²) >= 11 is 0. The van der Waals surface area contributed by atoms with E-state index in [2.05, 4.69) is 5.32 Å². The quantitative estimate of drug-likeness (QED) is 0.866. The highest BCUT2D eigenvalue weighted by Crippen LogP contribution is 2.21. The lowest BCUT2D eigenvalue weighted by atomic mass is 10.2. The van der Waals surface area contributed by atoms with Crippen molar-refractivity contribution in [3.63, 3.8) is 0 Å². The fraction of sp³-hybridized carbons (Fsp3) is 0.0714. The molecule has 22 heavy (non-hydrogen) atoms. The molecule has 0 aliphatic carbocycles. The van der Waals surface area contributed by atoms with Crippen molar-refractivity contribution < 1.29 is 22.0 Å². The van der Waals surface area contributed by atoms with Crippen LogP contribution in [0.3, 0.4) is 0 Å².